The lowest BCUT2D eigenvalue weighted by molar-refractivity contribution is 0.245. The van der Waals surface area contributed by atoms with Crippen molar-refractivity contribution in [2.24, 2.45) is 4.99 Å². The highest BCUT2D eigenvalue weighted by molar-refractivity contribution is 5.80. The zero-order valence-corrected chi connectivity index (χ0v) is 18.9. The summed E-state index contributed by atoms with van der Waals surface area (Å²) in [5.41, 5.74) is 2.47. The minimum atomic E-state index is 0.455. The van der Waals surface area contributed by atoms with Gasteiger partial charge in [-0.2, -0.15) is 0 Å². The molecular weight excluding hydrogens is 384 g/mol. The van der Waals surface area contributed by atoms with E-state index in [1.807, 2.05) is 7.05 Å². The molecule has 0 aliphatic carbocycles. The van der Waals surface area contributed by atoms with E-state index in [0.717, 1.165) is 56.5 Å². The molecule has 31 heavy (non-hydrogen) atoms. The van der Waals surface area contributed by atoms with Crippen molar-refractivity contribution in [3.63, 3.8) is 0 Å². The Morgan fingerprint density at radius 2 is 1.84 bits per heavy atom. The van der Waals surface area contributed by atoms with E-state index < -0.39 is 0 Å². The average Bonchev–Trinajstić information content (AvgIpc) is 3.24. The molecule has 6 nitrogen and oxygen atoms in total. The van der Waals surface area contributed by atoms with E-state index in [9.17, 15) is 0 Å². The summed E-state index contributed by atoms with van der Waals surface area (Å²) in [4.78, 5) is 14.2. The molecule has 1 unspecified atom stereocenters. The molecule has 0 spiro atoms. The number of pyridine rings is 1. The summed E-state index contributed by atoms with van der Waals surface area (Å²) in [6.07, 6.45) is 4.72. The highest BCUT2D eigenvalue weighted by Gasteiger charge is 2.25. The fourth-order valence-electron chi connectivity index (χ4n) is 4.71. The van der Waals surface area contributed by atoms with Gasteiger partial charge in [0, 0.05) is 51.0 Å². The van der Waals surface area contributed by atoms with Gasteiger partial charge < -0.3 is 15.5 Å². The summed E-state index contributed by atoms with van der Waals surface area (Å²) < 4.78 is 0. The zero-order valence-electron chi connectivity index (χ0n) is 18.9. The third-order valence-electron chi connectivity index (χ3n) is 6.49. The highest BCUT2D eigenvalue weighted by Crippen LogP contribution is 2.20. The summed E-state index contributed by atoms with van der Waals surface area (Å²) in [6.45, 7) is 7.26. The number of rotatable bonds is 6. The van der Waals surface area contributed by atoms with Crippen LogP contribution in [0.2, 0.25) is 0 Å². The Labute approximate surface area is 186 Å². The third-order valence-corrected chi connectivity index (χ3v) is 6.49. The van der Waals surface area contributed by atoms with Crippen LogP contribution < -0.4 is 15.5 Å². The van der Waals surface area contributed by atoms with Crippen molar-refractivity contribution in [3.05, 3.63) is 59.8 Å². The number of nitrogens with one attached hydrogen (secondary N) is 2. The van der Waals surface area contributed by atoms with Gasteiger partial charge in [0.25, 0.3) is 0 Å². The fourth-order valence-corrected chi connectivity index (χ4v) is 4.71. The molecule has 1 aromatic carbocycles. The van der Waals surface area contributed by atoms with Crippen molar-refractivity contribution in [3.8, 4) is 0 Å². The minimum absolute atomic E-state index is 0.455. The Hall–Kier alpha value is -2.60. The normalized spacial score (nSPS) is 20.8. The summed E-state index contributed by atoms with van der Waals surface area (Å²) in [5.74, 6) is 2.03. The van der Waals surface area contributed by atoms with Crippen LogP contribution in [0, 0.1) is 6.92 Å². The minimum Gasteiger partial charge on any atom is -0.356 e. The van der Waals surface area contributed by atoms with E-state index in [0.29, 0.717) is 12.1 Å². The molecule has 0 bridgehead atoms. The molecular formula is C25H36N6. The number of aromatic nitrogens is 1. The first kappa shape index (κ1) is 21.6. The Kier molecular flexibility index (Phi) is 7.41. The summed E-state index contributed by atoms with van der Waals surface area (Å²) in [5, 5.41) is 7.25. The molecule has 2 aromatic rings. The molecule has 2 saturated heterocycles. The van der Waals surface area contributed by atoms with Gasteiger partial charge >= 0.3 is 0 Å². The van der Waals surface area contributed by atoms with Gasteiger partial charge in [-0.15, -0.1) is 0 Å². The average molecular weight is 421 g/mol. The lowest BCUT2D eigenvalue weighted by atomic mass is 10.1. The fraction of sp³-hybridized carbons (Fsp3) is 0.520. The quantitative estimate of drug-likeness (QED) is 0.555. The van der Waals surface area contributed by atoms with Gasteiger partial charge in [-0.25, -0.2) is 4.98 Å². The lowest BCUT2D eigenvalue weighted by Crippen LogP contribution is -2.51. The van der Waals surface area contributed by atoms with E-state index in [4.69, 9.17) is 0 Å². The standard InChI is InChI=1S/C25H36N6/c1-20-8-6-12-24(28-20)30-16-13-22(14-17-30)29-25(26-2)27-18-23-11-7-15-31(23)19-21-9-4-3-5-10-21/h3-6,8-10,12,22-23H,7,11,13-19H2,1-2H3,(H2,26,27,29). The van der Waals surface area contributed by atoms with Crippen LogP contribution in [-0.2, 0) is 6.54 Å². The molecule has 0 radical (unpaired) electrons. The van der Waals surface area contributed by atoms with Crippen LogP contribution in [0.15, 0.2) is 53.5 Å². The van der Waals surface area contributed by atoms with Crippen LogP contribution in [0.4, 0.5) is 5.82 Å². The van der Waals surface area contributed by atoms with Crippen LogP contribution in [0.3, 0.4) is 0 Å². The SMILES string of the molecule is CN=C(NCC1CCCN1Cc1ccccc1)NC1CCN(c2cccc(C)n2)CC1. The largest absolute Gasteiger partial charge is 0.356 e. The summed E-state index contributed by atoms with van der Waals surface area (Å²) in [7, 11) is 1.87. The number of hydrogen-bond acceptors (Lipinski definition) is 4. The summed E-state index contributed by atoms with van der Waals surface area (Å²) >= 11 is 0. The second kappa shape index (κ2) is 10.6. The van der Waals surface area contributed by atoms with Crippen LogP contribution in [-0.4, -0.2) is 61.2 Å². The van der Waals surface area contributed by atoms with Gasteiger partial charge in [0.1, 0.15) is 5.82 Å². The van der Waals surface area contributed by atoms with Gasteiger partial charge in [0.15, 0.2) is 5.96 Å². The van der Waals surface area contributed by atoms with Crippen molar-refractivity contribution >= 4 is 11.8 Å². The molecule has 2 aliphatic heterocycles. The molecule has 1 aromatic heterocycles. The van der Waals surface area contributed by atoms with Gasteiger partial charge in [0.05, 0.1) is 0 Å². The molecule has 3 heterocycles. The molecule has 1 atom stereocenters. The third kappa shape index (κ3) is 5.97. The Balaban J connectivity index is 1.23. The number of guanidine groups is 1. The number of anilines is 1. The molecule has 0 saturated carbocycles. The first-order chi connectivity index (χ1) is 15.2. The first-order valence-electron chi connectivity index (χ1n) is 11.6. The number of aliphatic imine (C=N–C) groups is 1. The van der Waals surface area contributed by atoms with E-state index >= 15 is 0 Å². The second-order valence-corrected chi connectivity index (χ2v) is 8.75. The molecule has 0 amide bonds. The van der Waals surface area contributed by atoms with Gasteiger partial charge in [-0.05, 0) is 56.8 Å². The molecule has 6 heteroatoms. The molecule has 4 rings (SSSR count). The smallest absolute Gasteiger partial charge is 0.191 e. The van der Waals surface area contributed by atoms with E-state index in [1.54, 1.807) is 0 Å². The number of piperidine rings is 1. The second-order valence-electron chi connectivity index (χ2n) is 8.75. The topological polar surface area (TPSA) is 55.8 Å². The Morgan fingerprint density at radius 1 is 1.03 bits per heavy atom. The van der Waals surface area contributed by atoms with Gasteiger partial charge in [0.2, 0.25) is 0 Å². The lowest BCUT2D eigenvalue weighted by Gasteiger charge is -2.34. The number of nitrogens with zero attached hydrogens (tertiary/aromatic N) is 4. The summed E-state index contributed by atoms with van der Waals surface area (Å²) in [6, 6.07) is 18.1. The monoisotopic (exact) mass is 420 g/mol. The zero-order chi connectivity index (χ0) is 21.5. The predicted octanol–water partition coefficient (Wildman–Crippen LogP) is 3.19. The van der Waals surface area contributed by atoms with Gasteiger partial charge in [-0.1, -0.05) is 36.4 Å². The molecule has 2 N–H and O–H groups in total. The van der Waals surface area contributed by atoms with Crippen LogP contribution in [0.1, 0.15) is 36.9 Å². The Morgan fingerprint density at radius 3 is 2.58 bits per heavy atom. The number of aryl methyl sites for hydroxylation is 1. The molecule has 2 aliphatic rings. The maximum atomic E-state index is 4.67. The van der Waals surface area contributed by atoms with Crippen molar-refractivity contribution in [2.75, 3.05) is 38.1 Å². The van der Waals surface area contributed by atoms with Crippen molar-refractivity contribution in [2.45, 2.75) is 51.2 Å². The maximum Gasteiger partial charge on any atom is 0.191 e. The van der Waals surface area contributed by atoms with E-state index in [2.05, 4.69) is 85.9 Å². The van der Waals surface area contributed by atoms with Gasteiger partial charge in [-0.3, -0.25) is 9.89 Å². The van der Waals surface area contributed by atoms with Crippen LogP contribution in [0.25, 0.3) is 0 Å². The number of likely N-dealkylation sites (tertiary alicyclic amines) is 1. The Bertz CT molecular complexity index is 844. The first-order valence-corrected chi connectivity index (χ1v) is 11.6. The van der Waals surface area contributed by atoms with E-state index in [1.165, 1.54) is 24.9 Å². The van der Waals surface area contributed by atoms with Crippen LogP contribution in [0.5, 0.6) is 0 Å². The van der Waals surface area contributed by atoms with Crippen LogP contribution >= 0.6 is 0 Å². The molecule has 2 fully saturated rings. The van der Waals surface area contributed by atoms with Crippen molar-refractivity contribution < 1.29 is 0 Å². The highest BCUT2D eigenvalue weighted by atomic mass is 15.2. The van der Waals surface area contributed by atoms with Crippen molar-refractivity contribution in [1.82, 2.24) is 20.5 Å². The predicted molar refractivity (Wildman–Crippen MR) is 129 cm³/mol. The molecule has 166 valence electrons. The van der Waals surface area contributed by atoms with Crippen molar-refractivity contribution in [1.29, 1.82) is 0 Å². The van der Waals surface area contributed by atoms with E-state index in [-0.39, 0.29) is 0 Å². The number of benzene rings is 1. The maximum absolute atomic E-state index is 4.67. The number of hydrogen-bond donors (Lipinski definition) is 2.